The minimum Gasteiger partial charge on any atom is -0.467 e. The second-order valence-electron chi connectivity index (χ2n) is 3.21. The van der Waals surface area contributed by atoms with E-state index in [1.165, 1.54) is 4.70 Å². The number of nitrogens with zero attached hydrogens (tertiary/aromatic N) is 1. The summed E-state index contributed by atoms with van der Waals surface area (Å²) in [6.07, 6.45) is 0.294. The Bertz CT molecular complexity index is 417. The van der Waals surface area contributed by atoms with Gasteiger partial charge in [0.05, 0.1) is 16.8 Å². The van der Waals surface area contributed by atoms with E-state index >= 15 is 0 Å². The Balaban J connectivity index is 1.82. The van der Waals surface area contributed by atoms with Crippen molar-refractivity contribution >= 4 is 21.6 Å². The van der Waals surface area contributed by atoms with E-state index < -0.39 is 0 Å². The van der Waals surface area contributed by atoms with Gasteiger partial charge in [0.25, 0.3) is 5.19 Å². The van der Waals surface area contributed by atoms with Crippen LogP contribution < -0.4 is 4.74 Å². The zero-order chi connectivity index (χ0) is 9.38. The minimum absolute atomic E-state index is 0.294. The Labute approximate surface area is 85.3 Å². The maximum atomic E-state index is 5.50. The highest BCUT2D eigenvalue weighted by atomic mass is 32.1. The molecule has 0 radical (unpaired) electrons. The second-order valence-corrected chi connectivity index (χ2v) is 4.21. The van der Waals surface area contributed by atoms with Crippen LogP contribution in [0, 0.1) is 0 Å². The van der Waals surface area contributed by atoms with Gasteiger partial charge in [0.1, 0.15) is 12.7 Å². The van der Waals surface area contributed by atoms with Crippen LogP contribution in [0.5, 0.6) is 5.19 Å². The molecule has 1 aromatic carbocycles. The predicted molar refractivity (Wildman–Crippen MR) is 54.9 cm³/mol. The van der Waals surface area contributed by atoms with Gasteiger partial charge in [-0.25, -0.2) is 4.98 Å². The van der Waals surface area contributed by atoms with Gasteiger partial charge in [-0.2, -0.15) is 0 Å². The van der Waals surface area contributed by atoms with Crippen molar-refractivity contribution in [2.45, 2.75) is 6.10 Å². The number of para-hydroxylation sites is 1. The molecular formula is C10H9NO2S. The molecule has 1 aliphatic heterocycles. The lowest BCUT2D eigenvalue weighted by molar-refractivity contribution is 0.262. The maximum Gasteiger partial charge on any atom is 0.274 e. The molecule has 2 aromatic rings. The van der Waals surface area contributed by atoms with Crippen LogP contribution in [0.4, 0.5) is 0 Å². The first kappa shape index (κ1) is 8.20. The summed E-state index contributed by atoms with van der Waals surface area (Å²) in [6, 6.07) is 8.03. The normalized spacial score (nSPS) is 19.9. The van der Waals surface area contributed by atoms with Gasteiger partial charge in [-0.15, -0.1) is 0 Å². The van der Waals surface area contributed by atoms with Crippen molar-refractivity contribution in [3.8, 4) is 5.19 Å². The van der Waals surface area contributed by atoms with Crippen molar-refractivity contribution in [1.82, 2.24) is 4.98 Å². The van der Waals surface area contributed by atoms with Gasteiger partial charge < -0.3 is 9.47 Å². The van der Waals surface area contributed by atoms with Crippen LogP contribution in [0.25, 0.3) is 10.2 Å². The fraction of sp³-hybridized carbons (Fsp3) is 0.300. The number of fused-ring (bicyclic) bond motifs is 1. The van der Waals surface area contributed by atoms with E-state index in [1.54, 1.807) is 11.3 Å². The van der Waals surface area contributed by atoms with Gasteiger partial charge in [-0.05, 0) is 12.1 Å². The first-order valence-corrected chi connectivity index (χ1v) is 5.33. The highest BCUT2D eigenvalue weighted by molar-refractivity contribution is 7.20. The van der Waals surface area contributed by atoms with Crippen LogP contribution in [0.2, 0.25) is 0 Å². The second kappa shape index (κ2) is 3.22. The molecule has 1 aliphatic rings. The topological polar surface area (TPSA) is 34.6 Å². The molecule has 0 N–H and O–H groups in total. The monoisotopic (exact) mass is 207 g/mol. The lowest BCUT2D eigenvalue weighted by atomic mass is 10.3. The van der Waals surface area contributed by atoms with Gasteiger partial charge in [0.15, 0.2) is 0 Å². The molecule has 72 valence electrons. The van der Waals surface area contributed by atoms with Gasteiger partial charge in [-0.3, -0.25) is 0 Å². The number of epoxide rings is 1. The highest BCUT2D eigenvalue weighted by Crippen LogP contribution is 2.27. The van der Waals surface area contributed by atoms with Gasteiger partial charge >= 0.3 is 0 Å². The van der Waals surface area contributed by atoms with Crippen molar-refractivity contribution in [1.29, 1.82) is 0 Å². The molecule has 14 heavy (non-hydrogen) atoms. The van der Waals surface area contributed by atoms with Crippen LogP contribution in [-0.2, 0) is 4.74 Å². The van der Waals surface area contributed by atoms with Gasteiger partial charge in [0, 0.05) is 0 Å². The Kier molecular flexibility index (Phi) is 1.89. The van der Waals surface area contributed by atoms with Crippen LogP contribution >= 0.6 is 11.3 Å². The molecule has 0 bridgehead atoms. The quantitative estimate of drug-likeness (QED) is 0.723. The van der Waals surface area contributed by atoms with Crippen LogP contribution in [0.15, 0.2) is 24.3 Å². The summed E-state index contributed by atoms with van der Waals surface area (Å²) >= 11 is 1.58. The molecular weight excluding hydrogens is 198 g/mol. The van der Waals surface area contributed by atoms with Crippen molar-refractivity contribution in [2.24, 2.45) is 0 Å². The fourth-order valence-electron chi connectivity index (χ4n) is 1.24. The van der Waals surface area contributed by atoms with E-state index in [1.807, 2.05) is 24.3 Å². The lowest BCUT2D eigenvalue weighted by Crippen LogP contribution is -2.03. The average molecular weight is 207 g/mol. The van der Waals surface area contributed by atoms with Crippen LogP contribution in [0.3, 0.4) is 0 Å². The third-order valence-corrected chi connectivity index (χ3v) is 3.02. The number of aromatic nitrogens is 1. The fourth-order valence-corrected chi connectivity index (χ4v) is 2.07. The number of rotatable bonds is 3. The Morgan fingerprint density at radius 3 is 3.14 bits per heavy atom. The molecule has 1 fully saturated rings. The number of hydrogen-bond acceptors (Lipinski definition) is 4. The first-order valence-electron chi connectivity index (χ1n) is 4.52. The first-order chi connectivity index (χ1) is 6.92. The van der Waals surface area contributed by atoms with E-state index in [2.05, 4.69) is 4.98 Å². The summed E-state index contributed by atoms with van der Waals surface area (Å²) in [5.74, 6) is 0. The standard InChI is InChI=1S/C10H9NO2S/c1-2-4-9-8(3-1)11-10(14-9)13-6-7-5-12-7/h1-4,7H,5-6H2/t7-/m1/s1. The summed E-state index contributed by atoms with van der Waals surface area (Å²) in [5, 5.41) is 0.738. The number of benzene rings is 1. The molecule has 3 rings (SSSR count). The van der Waals surface area contributed by atoms with Gasteiger partial charge in [-0.1, -0.05) is 23.5 Å². The maximum absolute atomic E-state index is 5.50. The molecule has 2 heterocycles. The predicted octanol–water partition coefficient (Wildman–Crippen LogP) is 2.07. The molecule has 3 nitrogen and oxygen atoms in total. The molecule has 1 aromatic heterocycles. The van der Waals surface area contributed by atoms with Crippen LogP contribution in [0.1, 0.15) is 0 Å². The summed E-state index contributed by atoms with van der Waals surface area (Å²) in [7, 11) is 0. The zero-order valence-corrected chi connectivity index (χ0v) is 8.29. The van der Waals surface area contributed by atoms with E-state index in [0.717, 1.165) is 17.3 Å². The van der Waals surface area contributed by atoms with E-state index in [0.29, 0.717) is 12.7 Å². The van der Waals surface area contributed by atoms with E-state index in [4.69, 9.17) is 9.47 Å². The molecule has 4 heteroatoms. The molecule has 0 unspecified atom stereocenters. The molecule has 0 aliphatic carbocycles. The van der Waals surface area contributed by atoms with E-state index in [9.17, 15) is 0 Å². The Morgan fingerprint density at radius 1 is 1.50 bits per heavy atom. The van der Waals surface area contributed by atoms with E-state index in [-0.39, 0.29) is 0 Å². The van der Waals surface area contributed by atoms with Gasteiger partial charge in [0.2, 0.25) is 0 Å². The summed E-state index contributed by atoms with van der Waals surface area (Å²) < 4.78 is 11.7. The molecule has 0 saturated carbocycles. The smallest absolute Gasteiger partial charge is 0.274 e. The number of hydrogen-bond donors (Lipinski definition) is 0. The molecule has 1 atom stereocenters. The highest BCUT2D eigenvalue weighted by Gasteiger charge is 2.23. The number of thiazole rings is 1. The molecule has 1 saturated heterocycles. The zero-order valence-electron chi connectivity index (χ0n) is 7.47. The third kappa shape index (κ3) is 1.58. The van der Waals surface area contributed by atoms with Crippen molar-refractivity contribution in [3.63, 3.8) is 0 Å². The van der Waals surface area contributed by atoms with Crippen molar-refractivity contribution < 1.29 is 9.47 Å². The largest absolute Gasteiger partial charge is 0.467 e. The Hall–Kier alpha value is -1.13. The minimum atomic E-state index is 0.294. The lowest BCUT2D eigenvalue weighted by Gasteiger charge is -1.95. The third-order valence-electron chi connectivity index (χ3n) is 2.07. The summed E-state index contributed by atoms with van der Waals surface area (Å²) in [4.78, 5) is 4.35. The van der Waals surface area contributed by atoms with Crippen LogP contribution in [-0.4, -0.2) is 24.3 Å². The Morgan fingerprint density at radius 2 is 2.36 bits per heavy atom. The summed E-state index contributed by atoms with van der Waals surface area (Å²) in [5.41, 5.74) is 1.00. The van der Waals surface area contributed by atoms with Crippen molar-refractivity contribution in [3.05, 3.63) is 24.3 Å². The summed E-state index contributed by atoms with van der Waals surface area (Å²) in [6.45, 7) is 1.45. The average Bonchev–Trinajstić information content (AvgIpc) is 2.94. The SMILES string of the molecule is c1ccc2sc(OC[C@H]3CO3)nc2c1. The van der Waals surface area contributed by atoms with Crippen molar-refractivity contribution in [2.75, 3.05) is 13.2 Å². The molecule has 0 amide bonds. The molecule has 0 spiro atoms. The number of ether oxygens (including phenoxy) is 2.